The molecule has 0 saturated heterocycles. The summed E-state index contributed by atoms with van der Waals surface area (Å²) in [5.74, 6) is 0.576. The van der Waals surface area contributed by atoms with Crippen LogP contribution in [0.25, 0.3) is 0 Å². The molecule has 0 fully saturated rings. The Morgan fingerprint density at radius 3 is 2.38 bits per heavy atom. The zero-order chi connectivity index (χ0) is 16.8. The van der Waals surface area contributed by atoms with Crippen molar-refractivity contribution in [1.29, 1.82) is 0 Å². The summed E-state index contributed by atoms with van der Waals surface area (Å²) in [6.45, 7) is 2.55. The van der Waals surface area contributed by atoms with Crippen molar-refractivity contribution >= 4 is 17.4 Å². The smallest absolute Gasteiger partial charge is 0.253 e. The molecule has 0 aliphatic rings. The van der Waals surface area contributed by atoms with Gasteiger partial charge < -0.3 is 10.6 Å². The van der Waals surface area contributed by atoms with Crippen molar-refractivity contribution in [3.63, 3.8) is 0 Å². The molecule has 1 heterocycles. The second-order valence-electron chi connectivity index (χ2n) is 5.59. The number of nitrogens with zero attached hydrogens (tertiary/aromatic N) is 1. The van der Waals surface area contributed by atoms with E-state index in [0.717, 1.165) is 11.3 Å². The minimum absolute atomic E-state index is 0.131. The van der Waals surface area contributed by atoms with Crippen molar-refractivity contribution in [3.8, 4) is 0 Å². The summed E-state index contributed by atoms with van der Waals surface area (Å²) in [4.78, 5) is 16.5. The average Bonchev–Trinajstić information content (AvgIpc) is 2.63. The monoisotopic (exact) mass is 317 g/mol. The van der Waals surface area contributed by atoms with E-state index in [1.807, 2.05) is 61.5 Å². The van der Waals surface area contributed by atoms with Crippen LogP contribution >= 0.6 is 0 Å². The molecule has 3 rings (SSSR count). The molecule has 0 aliphatic carbocycles. The van der Waals surface area contributed by atoms with Crippen LogP contribution in [0.2, 0.25) is 0 Å². The van der Waals surface area contributed by atoms with E-state index < -0.39 is 0 Å². The SMILES string of the molecule is Cc1ccc(Nc2ccc(C(=O)NCc3ccccc3)cn2)cc1. The van der Waals surface area contributed by atoms with E-state index >= 15 is 0 Å². The van der Waals surface area contributed by atoms with Crippen molar-refractivity contribution in [2.24, 2.45) is 0 Å². The van der Waals surface area contributed by atoms with Gasteiger partial charge in [0.1, 0.15) is 5.82 Å². The Morgan fingerprint density at radius 1 is 0.958 bits per heavy atom. The van der Waals surface area contributed by atoms with E-state index in [1.54, 1.807) is 18.3 Å². The first-order chi connectivity index (χ1) is 11.7. The van der Waals surface area contributed by atoms with E-state index in [-0.39, 0.29) is 5.91 Å². The maximum absolute atomic E-state index is 12.2. The molecule has 0 bridgehead atoms. The van der Waals surface area contributed by atoms with Gasteiger partial charge >= 0.3 is 0 Å². The van der Waals surface area contributed by atoms with Gasteiger partial charge in [0, 0.05) is 18.4 Å². The molecule has 0 unspecified atom stereocenters. The number of amides is 1. The number of pyridine rings is 1. The molecule has 120 valence electrons. The highest BCUT2D eigenvalue weighted by molar-refractivity contribution is 5.94. The van der Waals surface area contributed by atoms with E-state index in [4.69, 9.17) is 0 Å². The van der Waals surface area contributed by atoms with Gasteiger partial charge in [-0.15, -0.1) is 0 Å². The number of carbonyl (C=O) groups is 1. The molecule has 4 heteroatoms. The Labute approximate surface area is 141 Å². The number of hydrogen-bond acceptors (Lipinski definition) is 3. The summed E-state index contributed by atoms with van der Waals surface area (Å²) in [7, 11) is 0. The molecular weight excluding hydrogens is 298 g/mol. The molecule has 0 radical (unpaired) electrons. The summed E-state index contributed by atoms with van der Waals surface area (Å²) in [5, 5.41) is 6.10. The lowest BCUT2D eigenvalue weighted by Gasteiger charge is -2.08. The first-order valence-electron chi connectivity index (χ1n) is 7.82. The van der Waals surface area contributed by atoms with Gasteiger partial charge in [0.05, 0.1) is 5.56 Å². The second-order valence-corrected chi connectivity index (χ2v) is 5.59. The lowest BCUT2D eigenvalue weighted by atomic mass is 10.2. The van der Waals surface area contributed by atoms with Crippen molar-refractivity contribution < 1.29 is 4.79 Å². The predicted octanol–water partition coefficient (Wildman–Crippen LogP) is 4.06. The fourth-order valence-electron chi connectivity index (χ4n) is 2.27. The molecule has 0 saturated carbocycles. The van der Waals surface area contributed by atoms with Crippen LogP contribution in [-0.4, -0.2) is 10.9 Å². The van der Waals surface area contributed by atoms with E-state index in [2.05, 4.69) is 15.6 Å². The highest BCUT2D eigenvalue weighted by atomic mass is 16.1. The van der Waals surface area contributed by atoms with Crippen LogP contribution in [0.1, 0.15) is 21.5 Å². The normalized spacial score (nSPS) is 10.2. The second kappa shape index (κ2) is 7.42. The maximum atomic E-state index is 12.2. The van der Waals surface area contributed by atoms with Crippen LogP contribution in [0.3, 0.4) is 0 Å². The van der Waals surface area contributed by atoms with Crippen LogP contribution in [0.4, 0.5) is 11.5 Å². The van der Waals surface area contributed by atoms with Crippen LogP contribution in [-0.2, 0) is 6.54 Å². The minimum Gasteiger partial charge on any atom is -0.348 e. The van der Waals surface area contributed by atoms with Gasteiger partial charge in [-0.1, -0.05) is 48.0 Å². The number of rotatable bonds is 5. The number of carbonyl (C=O) groups excluding carboxylic acids is 1. The standard InChI is InChI=1S/C20H19N3O/c1-15-7-10-18(11-8-15)23-19-12-9-17(14-21-19)20(24)22-13-16-5-3-2-4-6-16/h2-12,14H,13H2,1H3,(H,21,23)(H,22,24). The fourth-order valence-corrected chi connectivity index (χ4v) is 2.27. The van der Waals surface area contributed by atoms with Gasteiger partial charge in [-0.05, 0) is 36.8 Å². The molecule has 2 N–H and O–H groups in total. The Balaban J connectivity index is 1.59. The largest absolute Gasteiger partial charge is 0.348 e. The molecule has 0 spiro atoms. The molecule has 0 aliphatic heterocycles. The number of aromatic nitrogens is 1. The highest BCUT2D eigenvalue weighted by Gasteiger charge is 2.06. The lowest BCUT2D eigenvalue weighted by molar-refractivity contribution is 0.0950. The number of anilines is 2. The third-order valence-corrected chi connectivity index (χ3v) is 3.65. The minimum atomic E-state index is -0.131. The van der Waals surface area contributed by atoms with Crippen LogP contribution < -0.4 is 10.6 Å². The molecule has 1 aromatic heterocycles. The van der Waals surface area contributed by atoms with Crippen molar-refractivity contribution in [1.82, 2.24) is 10.3 Å². The van der Waals surface area contributed by atoms with E-state index in [0.29, 0.717) is 17.9 Å². The Kier molecular flexibility index (Phi) is 4.87. The van der Waals surface area contributed by atoms with Gasteiger partial charge in [-0.25, -0.2) is 4.98 Å². The molecular formula is C20H19N3O. The Bertz CT molecular complexity index is 797. The van der Waals surface area contributed by atoms with Crippen molar-refractivity contribution in [3.05, 3.63) is 89.6 Å². The predicted molar refractivity (Wildman–Crippen MR) is 96.3 cm³/mol. The zero-order valence-corrected chi connectivity index (χ0v) is 13.5. The van der Waals surface area contributed by atoms with Gasteiger partial charge in [0.15, 0.2) is 0 Å². The van der Waals surface area contributed by atoms with Gasteiger partial charge in [-0.2, -0.15) is 0 Å². The number of nitrogens with one attached hydrogen (secondary N) is 2. The molecule has 2 aromatic carbocycles. The maximum Gasteiger partial charge on any atom is 0.253 e. The summed E-state index contributed by atoms with van der Waals surface area (Å²) < 4.78 is 0. The molecule has 0 atom stereocenters. The Hall–Kier alpha value is -3.14. The highest BCUT2D eigenvalue weighted by Crippen LogP contribution is 2.15. The molecule has 24 heavy (non-hydrogen) atoms. The quantitative estimate of drug-likeness (QED) is 0.746. The molecule has 1 amide bonds. The number of benzene rings is 2. The summed E-state index contributed by atoms with van der Waals surface area (Å²) in [6.07, 6.45) is 1.58. The summed E-state index contributed by atoms with van der Waals surface area (Å²) in [6, 6.07) is 21.5. The third-order valence-electron chi connectivity index (χ3n) is 3.65. The average molecular weight is 317 g/mol. The van der Waals surface area contributed by atoms with Crippen molar-refractivity contribution in [2.75, 3.05) is 5.32 Å². The van der Waals surface area contributed by atoms with Gasteiger partial charge in [-0.3, -0.25) is 4.79 Å². The summed E-state index contributed by atoms with van der Waals surface area (Å²) in [5.41, 5.74) is 3.78. The molecule has 4 nitrogen and oxygen atoms in total. The van der Waals surface area contributed by atoms with Crippen LogP contribution in [0.15, 0.2) is 72.9 Å². The van der Waals surface area contributed by atoms with Crippen LogP contribution in [0.5, 0.6) is 0 Å². The van der Waals surface area contributed by atoms with Gasteiger partial charge in [0.2, 0.25) is 0 Å². The third kappa shape index (κ3) is 4.20. The fraction of sp³-hybridized carbons (Fsp3) is 0.100. The van der Waals surface area contributed by atoms with Crippen LogP contribution in [0, 0.1) is 6.92 Å². The lowest BCUT2D eigenvalue weighted by Crippen LogP contribution is -2.22. The van der Waals surface area contributed by atoms with E-state index in [9.17, 15) is 4.79 Å². The molecule has 3 aromatic rings. The van der Waals surface area contributed by atoms with E-state index in [1.165, 1.54) is 5.56 Å². The summed E-state index contributed by atoms with van der Waals surface area (Å²) >= 11 is 0. The number of aryl methyl sites for hydroxylation is 1. The first kappa shape index (κ1) is 15.7. The number of hydrogen-bond donors (Lipinski definition) is 2. The van der Waals surface area contributed by atoms with Crippen molar-refractivity contribution in [2.45, 2.75) is 13.5 Å². The Morgan fingerprint density at radius 2 is 1.71 bits per heavy atom. The zero-order valence-electron chi connectivity index (χ0n) is 13.5. The topological polar surface area (TPSA) is 54.0 Å². The van der Waals surface area contributed by atoms with Gasteiger partial charge in [0.25, 0.3) is 5.91 Å². The first-order valence-corrected chi connectivity index (χ1v) is 7.82.